The molecule has 6 heteroatoms. The fourth-order valence-corrected chi connectivity index (χ4v) is 3.30. The van der Waals surface area contributed by atoms with Gasteiger partial charge in [-0.25, -0.2) is 0 Å². The molecule has 0 aliphatic heterocycles. The van der Waals surface area contributed by atoms with Gasteiger partial charge in [0.2, 0.25) is 5.91 Å². The van der Waals surface area contributed by atoms with E-state index in [1.54, 1.807) is 0 Å². The molecule has 0 aliphatic rings. The van der Waals surface area contributed by atoms with Crippen LogP contribution in [0.5, 0.6) is 0 Å². The highest BCUT2D eigenvalue weighted by atomic mass is 35.5. The molecule has 5 nitrogen and oxygen atoms in total. The Balaban J connectivity index is 2.00. The van der Waals surface area contributed by atoms with E-state index in [4.69, 9.17) is 16.9 Å². The monoisotopic (exact) mass is 372 g/mol. The number of aryl methyl sites for hydroxylation is 2. The number of rotatable bonds is 8. The number of benzene rings is 1. The molecule has 138 valence electrons. The van der Waals surface area contributed by atoms with Crippen LogP contribution in [-0.2, 0) is 24.3 Å². The van der Waals surface area contributed by atoms with Gasteiger partial charge in [-0.05, 0) is 50.5 Å². The quantitative estimate of drug-likeness (QED) is 0.702. The van der Waals surface area contributed by atoms with E-state index in [1.165, 1.54) is 0 Å². The zero-order valence-corrected chi connectivity index (χ0v) is 16.4. The lowest BCUT2D eigenvalue weighted by molar-refractivity contribution is -0.131. The highest BCUT2D eigenvalue weighted by Gasteiger charge is 2.16. The molecule has 1 heterocycles. The molecule has 0 unspecified atom stereocenters. The lowest BCUT2D eigenvalue weighted by Gasteiger charge is -2.21. The summed E-state index contributed by atoms with van der Waals surface area (Å²) in [5.41, 5.74) is 4.12. The minimum atomic E-state index is 0.121. The average molecular weight is 373 g/mol. The van der Waals surface area contributed by atoms with Crippen LogP contribution in [0.4, 0.5) is 0 Å². The Morgan fingerprint density at radius 2 is 2.15 bits per heavy atom. The molecule has 0 N–H and O–H groups in total. The van der Waals surface area contributed by atoms with Crippen LogP contribution in [0.1, 0.15) is 42.3 Å². The van der Waals surface area contributed by atoms with E-state index in [-0.39, 0.29) is 5.91 Å². The largest absolute Gasteiger partial charge is 0.339 e. The molecule has 1 aromatic carbocycles. The normalized spacial score (nSPS) is 10.6. The number of hydrogen-bond acceptors (Lipinski definition) is 3. The number of nitriles is 1. The molecule has 1 aromatic heterocycles. The summed E-state index contributed by atoms with van der Waals surface area (Å²) in [7, 11) is 0. The maximum absolute atomic E-state index is 12.7. The first kappa shape index (κ1) is 20.0. The number of aromatic nitrogens is 2. The fourth-order valence-electron chi connectivity index (χ4n) is 3.09. The van der Waals surface area contributed by atoms with Gasteiger partial charge in [0.05, 0.1) is 24.7 Å². The van der Waals surface area contributed by atoms with Crippen LogP contribution in [-0.4, -0.2) is 27.1 Å². The van der Waals surface area contributed by atoms with Crippen LogP contribution in [0.2, 0.25) is 5.02 Å². The smallest absolute Gasteiger partial charge is 0.223 e. The van der Waals surface area contributed by atoms with Gasteiger partial charge in [0, 0.05) is 30.2 Å². The Morgan fingerprint density at radius 1 is 1.38 bits per heavy atom. The molecule has 2 rings (SSSR count). The van der Waals surface area contributed by atoms with Crippen LogP contribution < -0.4 is 0 Å². The lowest BCUT2D eigenvalue weighted by Crippen LogP contribution is -2.30. The zero-order chi connectivity index (χ0) is 19.1. The van der Waals surface area contributed by atoms with Gasteiger partial charge in [-0.2, -0.15) is 10.4 Å². The van der Waals surface area contributed by atoms with Crippen molar-refractivity contribution < 1.29 is 4.79 Å². The summed E-state index contributed by atoms with van der Waals surface area (Å²) in [6, 6.07) is 9.75. The third-order valence-electron chi connectivity index (χ3n) is 4.55. The number of halogens is 1. The molecule has 26 heavy (non-hydrogen) atoms. The van der Waals surface area contributed by atoms with Gasteiger partial charge in [-0.15, -0.1) is 0 Å². The van der Waals surface area contributed by atoms with Crippen molar-refractivity contribution in [1.29, 1.82) is 5.26 Å². The van der Waals surface area contributed by atoms with Crippen molar-refractivity contribution in [2.24, 2.45) is 0 Å². The maximum Gasteiger partial charge on any atom is 0.223 e. The van der Waals surface area contributed by atoms with Crippen LogP contribution in [0, 0.1) is 25.2 Å². The predicted molar refractivity (Wildman–Crippen MR) is 103 cm³/mol. The minimum absolute atomic E-state index is 0.121. The van der Waals surface area contributed by atoms with Crippen molar-refractivity contribution in [1.82, 2.24) is 14.7 Å². The fraction of sp³-hybridized carbons (Fsp3) is 0.450. The third-order valence-corrected chi connectivity index (χ3v) is 4.79. The molecule has 1 amide bonds. The van der Waals surface area contributed by atoms with E-state index >= 15 is 0 Å². The van der Waals surface area contributed by atoms with Crippen molar-refractivity contribution in [2.75, 3.05) is 6.54 Å². The summed E-state index contributed by atoms with van der Waals surface area (Å²) in [6.07, 6.45) is 1.54. The molecule has 0 bridgehead atoms. The third kappa shape index (κ3) is 5.09. The van der Waals surface area contributed by atoms with Crippen molar-refractivity contribution in [3.05, 3.63) is 51.8 Å². The van der Waals surface area contributed by atoms with Crippen LogP contribution in [0.15, 0.2) is 24.3 Å². The van der Waals surface area contributed by atoms with E-state index in [2.05, 4.69) is 11.2 Å². The van der Waals surface area contributed by atoms with E-state index in [0.717, 1.165) is 22.5 Å². The first-order chi connectivity index (χ1) is 12.5. The molecular weight excluding hydrogens is 348 g/mol. The second-order valence-corrected chi connectivity index (χ2v) is 6.75. The van der Waals surface area contributed by atoms with Gasteiger partial charge in [-0.3, -0.25) is 9.48 Å². The molecule has 0 spiro atoms. The van der Waals surface area contributed by atoms with Crippen molar-refractivity contribution in [2.45, 2.75) is 53.1 Å². The van der Waals surface area contributed by atoms with Gasteiger partial charge in [0.1, 0.15) is 0 Å². The van der Waals surface area contributed by atoms with Crippen LogP contribution >= 0.6 is 11.6 Å². The van der Waals surface area contributed by atoms with Gasteiger partial charge < -0.3 is 4.90 Å². The second-order valence-electron chi connectivity index (χ2n) is 6.32. The zero-order valence-electron chi connectivity index (χ0n) is 15.6. The Kier molecular flexibility index (Phi) is 7.23. The lowest BCUT2D eigenvalue weighted by atomic mass is 10.1. The Bertz CT molecular complexity index is 807. The molecule has 0 saturated carbocycles. The van der Waals surface area contributed by atoms with E-state index in [1.807, 2.05) is 54.6 Å². The van der Waals surface area contributed by atoms with E-state index in [0.29, 0.717) is 43.9 Å². The summed E-state index contributed by atoms with van der Waals surface area (Å²) < 4.78 is 1.86. The van der Waals surface area contributed by atoms with Crippen molar-refractivity contribution in [3.63, 3.8) is 0 Å². The molecular formula is C20H25ClN4O. The Hall–Kier alpha value is -2.32. The Labute approximate surface area is 160 Å². The van der Waals surface area contributed by atoms with Crippen molar-refractivity contribution >= 4 is 17.5 Å². The molecule has 2 aromatic rings. The van der Waals surface area contributed by atoms with Crippen LogP contribution in [0.25, 0.3) is 0 Å². The number of hydrogen-bond donors (Lipinski definition) is 0. The highest BCUT2D eigenvalue weighted by molar-refractivity contribution is 6.30. The summed E-state index contributed by atoms with van der Waals surface area (Å²) in [4.78, 5) is 14.5. The molecule has 0 radical (unpaired) electrons. The summed E-state index contributed by atoms with van der Waals surface area (Å²) in [5, 5.41) is 13.9. The summed E-state index contributed by atoms with van der Waals surface area (Å²) >= 11 is 6.03. The van der Waals surface area contributed by atoms with Crippen LogP contribution in [0.3, 0.4) is 0 Å². The molecule has 0 aliphatic carbocycles. The predicted octanol–water partition coefficient (Wildman–Crippen LogP) is 4.05. The second kappa shape index (κ2) is 9.40. The van der Waals surface area contributed by atoms with Gasteiger partial charge >= 0.3 is 0 Å². The summed E-state index contributed by atoms with van der Waals surface area (Å²) in [5.74, 6) is 0.121. The standard InChI is InChI=1S/C20H25ClN4O/c1-4-24(14-17-7-5-8-18(21)13-17)20(26)10-9-19-15(2)23-25(16(19)3)12-6-11-22/h5,7-8,13H,4,6,9-10,12,14H2,1-3H3. The first-order valence-electron chi connectivity index (χ1n) is 8.88. The minimum Gasteiger partial charge on any atom is -0.339 e. The van der Waals surface area contributed by atoms with E-state index in [9.17, 15) is 4.79 Å². The maximum atomic E-state index is 12.7. The van der Waals surface area contributed by atoms with Gasteiger partial charge in [0.15, 0.2) is 0 Å². The van der Waals surface area contributed by atoms with Gasteiger partial charge in [-0.1, -0.05) is 23.7 Å². The number of nitrogens with zero attached hydrogens (tertiary/aromatic N) is 4. The number of carbonyl (C=O) groups is 1. The first-order valence-corrected chi connectivity index (χ1v) is 9.26. The summed E-state index contributed by atoms with van der Waals surface area (Å²) in [6.45, 7) is 7.76. The Morgan fingerprint density at radius 3 is 2.81 bits per heavy atom. The molecule has 0 atom stereocenters. The van der Waals surface area contributed by atoms with E-state index < -0.39 is 0 Å². The highest BCUT2D eigenvalue weighted by Crippen LogP contribution is 2.17. The average Bonchev–Trinajstić information content (AvgIpc) is 2.89. The van der Waals surface area contributed by atoms with Gasteiger partial charge in [0.25, 0.3) is 0 Å². The topological polar surface area (TPSA) is 61.9 Å². The number of amides is 1. The van der Waals surface area contributed by atoms with Crippen molar-refractivity contribution in [3.8, 4) is 6.07 Å². The molecule has 0 fully saturated rings. The number of carbonyl (C=O) groups excluding carboxylic acids is 1. The molecule has 0 saturated heterocycles. The SMILES string of the molecule is CCN(Cc1cccc(Cl)c1)C(=O)CCc1c(C)nn(CCC#N)c1C.